The van der Waals surface area contributed by atoms with Crippen LogP contribution in [-0.2, 0) is 6.18 Å². The summed E-state index contributed by atoms with van der Waals surface area (Å²) in [4.78, 5) is 0. The van der Waals surface area contributed by atoms with Gasteiger partial charge in [0, 0.05) is 5.56 Å². The van der Waals surface area contributed by atoms with Crippen molar-refractivity contribution in [2.24, 2.45) is 0 Å². The molecule has 0 aliphatic carbocycles. The van der Waals surface area contributed by atoms with Gasteiger partial charge >= 0.3 is 6.18 Å². The predicted molar refractivity (Wildman–Crippen MR) is 76.5 cm³/mol. The molecule has 0 bridgehead atoms. The summed E-state index contributed by atoms with van der Waals surface area (Å²) in [7, 11) is 0. The molecule has 3 aromatic rings. The molecule has 3 rings (SSSR count). The van der Waals surface area contributed by atoms with Gasteiger partial charge in [-0.2, -0.15) is 18.4 Å². The topological polar surface area (TPSA) is 54.5 Å². The van der Waals surface area contributed by atoms with E-state index in [2.05, 4.69) is 10.3 Å². The first-order chi connectivity index (χ1) is 11.0. The maximum absolute atomic E-state index is 12.9. The predicted octanol–water partition coefficient (Wildman–Crippen LogP) is 3.82. The second kappa shape index (κ2) is 5.57. The average molecular weight is 314 g/mol. The Morgan fingerprint density at radius 2 is 1.74 bits per heavy atom. The third kappa shape index (κ3) is 2.79. The fraction of sp³-hybridized carbons (Fsp3) is 0.0625. The Morgan fingerprint density at radius 1 is 1.00 bits per heavy atom. The summed E-state index contributed by atoms with van der Waals surface area (Å²) in [5.74, 6) is 0. The van der Waals surface area contributed by atoms with E-state index in [1.807, 2.05) is 6.07 Å². The zero-order chi connectivity index (χ0) is 16.4. The van der Waals surface area contributed by atoms with Crippen LogP contribution in [0.15, 0.2) is 54.6 Å². The molecule has 0 atom stereocenters. The molecule has 1 aromatic heterocycles. The van der Waals surface area contributed by atoms with Crippen molar-refractivity contribution in [3.05, 3.63) is 65.9 Å². The number of benzene rings is 2. The number of aromatic nitrogens is 3. The second-order valence-corrected chi connectivity index (χ2v) is 4.72. The van der Waals surface area contributed by atoms with E-state index in [1.165, 1.54) is 16.8 Å². The first kappa shape index (κ1) is 14.8. The average Bonchev–Trinajstić information content (AvgIpc) is 2.99. The number of hydrogen-bond acceptors (Lipinski definition) is 3. The Balaban J connectivity index is 2.19. The van der Waals surface area contributed by atoms with Crippen LogP contribution in [0.5, 0.6) is 0 Å². The molecule has 0 saturated carbocycles. The van der Waals surface area contributed by atoms with Gasteiger partial charge in [0.25, 0.3) is 0 Å². The molecule has 0 spiro atoms. The van der Waals surface area contributed by atoms with Crippen molar-refractivity contribution in [3.8, 4) is 23.0 Å². The van der Waals surface area contributed by atoms with Crippen molar-refractivity contribution in [1.29, 1.82) is 5.26 Å². The van der Waals surface area contributed by atoms with Crippen molar-refractivity contribution in [1.82, 2.24) is 15.0 Å². The van der Waals surface area contributed by atoms with Crippen molar-refractivity contribution in [3.63, 3.8) is 0 Å². The summed E-state index contributed by atoms with van der Waals surface area (Å²) in [6.45, 7) is 0. The molecule has 2 aromatic carbocycles. The third-order valence-electron chi connectivity index (χ3n) is 3.24. The lowest BCUT2D eigenvalue weighted by molar-refractivity contribution is -0.137. The Morgan fingerprint density at radius 3 is 2.39 bits per heavy atom. The molecule has 114 valence electrons. The Kier molecular flexibility index (Phi) is 3.58. The number of hydrogen-bond donors (Lipinski definition) is 0. The van der Waals surface area contributed by atoms with Crippen LogP contribution in [0.3, 0.4) is 0 Å². The molecule has 7 heteroatoms. The molecule has 0 aliphatic heterocycles. The summed E-state index contributed by atoms with van der Waals surface area (Å²) in [5.41, 5.74) is 0.447. The second-order valence-electron chi connectivity index (χ2n) is 4.72. The Labute approximate surface area is 129 Å². The van der Waals surface area contributed by atoms with Crippen LogP contribution in [0.1, 0.15) is 11.3 Å². The summed E-state index contributed by atoms with van der Waals surface area (Å²) >= 11 is 0. The molecular weight excluding hydrogens is 305 g/mol. The van der Waals surface area contributed by atoms with Gasteiger partial charge in [0.1, 0.15) is 11.8 Å². The van der Waals surface area contributed by atoms with Crippen LogP contribution in [0, 0.1) is 11.3 Å². The molecular formula is C16H9F3N4. The van der Waals surface area contributed by atoms with E-state index in [-0.39, 0.29) is 11.4 Å². The lowest BCUT2D eigenvalue weighted by Gasteiger charge is -2.10. The van der Waals surface area contributed by atoms with Crippen LogP contribution in [0.2, 0.25) is 0 Å². The normalized spacial score (nSPS) is 11.2. The summed E-state index contributed by atoms with van der Waals surface area (Å²) in [6.07, 6.45) is -4.46. The lowest BCUT2D eigenvalue weighted by Crippen LogP contribution is -2.07. The fourth-order valence-corrected chi connectivity index (χ4v) is 2.21. The van der Waals surface area contributed by atoms with Gasteiger partial charge in [0.15, 0.2) is 5.69 Å². The van der Waals surface area contributed by atoms with E-state index in [0.717, 1.165) is 12.1 Å². The van der Waals surface area contributed by atoms with Crippen LogP contribution in [-0.4, -0.2) is 15.0 Å². The van der Waals surface area contributed by atoms with E-state index in [9.17, 15) is 18.4 Å². The van der Waals surface area contributed by atoms with E-state index in [4.69, 9.17) is 0 Å². The highest BCUT2D eigenvalue weighted by atomic mass is 19.4. The molecule has 0 fully saturated rings. The first-order valence-corrected chi connectivity index (χ1v) is 6.59. The minimum atomic E-state index is -4.46. The van der Waals surface area contributed by atoms with Crippen molar-refractivity contribution in [2.45, 2.75) is 6.18 Å². The zero-order valence-electron chi connectivity index (χ0n) is 11.6. The molecule has 1 heterocycles. The molecule has 0 saturated heterocycles. The van der Waals surface area contributed by atoms with Crippen molar-refractivity contribution < 1.29 is 13.2 Å². The first-order valence-electron chi connectivity index (χ1n) is 6.59. The minimum Gasteiger partial charge on any atom is -0.211 e. The maximum Gasteiger partial charge on any atom is 0.416 e. The Hall–Kier alpha value is -3.14. The van der Waals surface area contributed by atoms with Gasteiger partial charge in [-0.25, -0.2) is 4.68 Å². The molecule has 0 unspecified atom stereocenters. The number of nitriles is 1. The van der Waals surface area contributed by atoms with Gasteiger partial charge in [0.2, 0.25) is 0 Å². The molecule has 0 N–H and O–H groups in total. The zero-order valence-corrected chi connectivity index (χ0v) is 11.6. The SMILES string of the molecule is N#Cc1nnn(-c2cccc(C(F)(F)F)c2)c1-c1ccccc1. The summed E-state index contributed by atoms with van der Waals surface area (Å²) < 4.78 is 39.9. The minimum absolute atomic E-state index is 0.0496. The van der Waals surface area contributed by atoms with E-state index < -0.39 is 11.7 Å². The van der Waals surface area contributed by atoms with E-state index >= 15 is 0 Å². The fourth-order valence-electron chi connectivity index (χ4n) is 2.21. The Bertz CT molecular complexity index is 876. The van der Waals surface area contributed by atoms with Gasteiger partial charge in [-0.05, 0) is 18.2 Å². The molecule has 23 heavy (non-hydrogen) atoms. The van der Waals surface area contributed by atoms with Gasteiger partial charge in [0.05, 0.1) is 11.3 Å². The van der Waals surface area contributed by atoms with Gasteiger partial charge in [-0.15, -0.1) is 5.10 Å². The summed E-state index contributed by atoms with van der Waals surface area (Å²) in [6, 6.07) is 15.4. The number of alkyl halides is 3. The van der Waals surface area contributed by atoms with E-state index in [1.54, 1.807) is 30.3 Å². The van der Waals surface area contributed by atoms with Gasteiger partial charge < -0.3 is 0 Å². The number of rotatable bonds is 2. The highest BCUT2D eigenvalue weighted by molar-refractivity contribution is 5.67. The van der Waals surface area contributed by atoms with Crippen LogP contribution in [0.4, 0.5) is 13.2 Å². The van der Waals surface area contributed by atoms with E-state index in [0.29, 0.717) is 11.3 Å². The van der Waals surface area contributed by atoms with Gasteiger partial charge in [-0.3, -0.25) is 0 Å². The molecule has 0 aliphatic rings. The lowest BCUT2D eigenvalue weighted by atomic mass is 10.1. The highest BCUT2D eigenvalue weighted by Gasteiger charge is 2.31. The van der Waals surface area contributed by atoms with Gasteiger partial charge in [-0.1, -0.05) is 41.6 Å². The van der Waals surface area contributed by atoms with Crippen molar-refractivity contribution >= 4 is 0 Å². The van der Waals surface area contributed by atoms with Crippen LogP contribution < -0.4 is 0 Å². The third-order valence-corrected chi connectivity index (χ3v) is 3.24. The maximum atomic E-state index is 12.9. The smallest absolute Gasteiger partial charge is 0.211 e. The molecule has 4 nitrogen and oxygen atoms in total. The highest BCUT2D eigenvalue weighted by Crippen LogP contribution is 2.31. The summed E-state index contributed by atoms with van der Waals surface area (Å²) in [5, 5.41) is 16.8. The number of nitrogens with zero attached hydrogens (tertiary/aromatic N) is 4. The standard InChI is InChI=1S/C16H9F3N4/c17-16(18,19)12-7-4-8-13(9-12)23-15(14(10-20)21-22-23)11-5-2-1-3-6-11/h1-9H. The molecule has 0 radical (unpaired) electrons. The molecule has 0 amide bonds. The monoisotopic (exact) mass is 314 g/mol. The quantitative estimate of drug-likeness (QED) is 0.722. The van der Waals surface area contributed by atoms with Crippen LogP contribution >= 0.6 is 0 Å². The van der Waals surface area contributed by atoms with Crippen LogP contribution in [0.25, 0.3) is 16.9 Å². The number of halogens is 3. The van der Waals surface area contributed by atoms with Crippen molar-refractivity contribution in [2.75, 3.05) is 0 Å². The largest absolute Gasteiger partial charge is 0.416 e.